The first-order valence-electron chi connectivity index (χ1n) is 4.59. The van der Waals surface area contributed by atoms with Crippen LogP contribution in [0.4, 0.5) is 0 Å². The van der Waals surface area contributed by atoms with Gasteiger partial charge in [-0.15, -0.1) is 22.7 Å². The predicted octanol–water partition coefficient (Wildman–Crippen LogP) is 5.25. The molecular formula is C11H7OS4+. The molecule has 0 atom stereocenters. The molecule has 1 nitrogen and oxygen atoms in total. The van der Waals surface area contributed by atoms with Crippen molar-refractivity contribution in [1.82, 2.24) is 0 Å². The summed E-state index contributed by atoms with van der Waals surface area (Å²) < 4.78 is 0. The largest absolute Gasteiger partial charge is 0.502 e. The van der Waals surface area contributed by atoms with E-state index in [0.717, 1.165) is 19.5 Å². The van der Waals surface area contributed by atoms with Crippen molar-refractivity contribution in [3.8, 4) is 25.3 Å². The van der Waals surface area contributed by atoms with E-state index in [1.54, 1.807) is 43.4 Å². The summed E-state index contributed by atoms with van der Waals surface area (Å²) in [6.07, 6.45) is 0. The fourth-order valence-electron chi connectivity index (χ4n) is 1.40. The van der Waals surface area contributed by atoms with Crippen molar-refractivity contribution >= 4 is 43.4 Å². The maximum atomic E-state index is 10.2. The van der Waals surface area contributed by atoms with Gasteiger partial charge in [0.2, 0.25) is 5.75 Å². The molecule has 0 saturated heterocycles. The van der Waals surface area contributed by atoms with E-state index in [4.69, 9.17) is 0 Å². The highest BCUT2D eigenvalue weighted by Crippen LogP contribution is 2.49. The quantitative estimate of drug-likeness (QED) is 0.503. The van der Waals surface area contributed by atoms with Crippen LogP contribution >= 0.6 is 43.4 Å². The Balaban J connectivity index is 2.12. The first-order valence-corrected chi connectivity index (χ1v) is 8.50. The van der Waals surface area contributed by atoms with Gasteiger partial charge in [0.1, 0.15) is 0 Å². The van der Waals surface area contributed by atoms with Gasteiger partial charge in [-0.1, -0.05) is 12.1 Å². The van der Waals surface area contributed by atoms with Crippen molar-refractivity contribution in [3.05, 3.63) is 35.0 Å². The molecule has 0 unspecified atom stereocenters. The highest BCUT2D eigenvalue weighted by Gasteiger charge is 2.27. The van der Waals surface area contributed by atoms with Crippen molar-refractivity contribution < 1.29 is 5.11 Å². The van der Waals surface area contributed by atoms with Gasteiger partial charge in [0, 0.05) is 0 Å². The molecule has 3 rings (SSSR count). The SMILES string of the molecule is Oc1c(-c2cccs2)s[s+]c1-c1cccs1. The van der Waals surface area contributed by atoms with Crippen LogP contribution in [0, 0.1) is 0 Å². The van der Waals surface area contributed by atoms with Crippen LogP contribution < -0.4 is 0 Å². The van der Waals surface area contributed by atoms with Crippen molar-refractivity contribution in [2.24, 2.45) is 0 Å². The van der Waals surface area contributed by atoms with E-state index in [0.29, 0.717) is 5.75 Å². The van der Waals surface area contributed by atoms with Gasteiger partial charge < -0.3 is 5.11 Å². The smallest absolute Gasteiger partial charge is 0.306 e. The van der Waals surface area contributed by atoms with Crippen LogP contribution in [0.5, 0.6) is 5.75 Å². The molecule has 0 aliphatic carbocycles. The number of aromatic hydroxyl groups is 1. The topological polar surface area (TPSA) is 20.2 Å². The summed E-state index contributed by atoms with van der Waals surface area (Å²) in [5, 5.41) is 14.3. The van der Waals surface area contributed by atoms with E-state index in [1.165, 1.54) is 0 Å². The highest BCUT2D eigenvalue weighted by molar-refractivity contribution is 7.72. The maximum absolute atomic E-state index is 10.2. The Hall–Kier alpha value is -0.750. The molecule has 0 aliphatic rings. The van der Waals surface area contributed by atoms with Crippen LogP contribution in [-0.2, 0) is 0 Å². The lowest BCUT2D eigenvalue weighted by Gasteiger charge is -1.89. The first kappa shape index (κ1) is 10.4. The van der Waals surface area contributed by atoms with Crippen molar-refractivity contribution in [2.45, 2.75) is 0 Å². The molecule has 3 aromatic heterocycles. The van der Waals surface area contributed by atoms with Crippen LogP contribution in [0.1, 0.15) is 0 Å². The van der Waals surface area contributed by atoms with Crippen LogP contribution in [0.3, 0.4) is 0 Å². The summed E-state index contributed by atoms with van der Waals surface area (Å²) in [6.45, 7) is 0. The van der Waals surface area contributed by atoms with E-state index in [9.17, 15) is 5.11 Å². The Morgan fingerprint density at radius 3 is 2.31 bits per heavy atom. The molecule has 3 aromatic rings. The van der Waals surface area contributed by atoms with Gasteiger partial charge in [-0.3, -0.25) is 0 Å². The molecule has 0 bridgehead atoms. The van der Waals surface area contributed by atoms with Gasteiger partial charge in [0.15, 0.2) is 15.2 Å². The average Bonchev–Trinajstić information content (AvgIpc) is 2.96. The minimum atomic E-state index is 0.430. The molecule has 1 N–H and O–H groups in total. The average molecular weight is 283 g/mol. The standard InChI is InChI=1S/C11H6OS4/c12-9-10(7-3-1-5-13-7)15-16-11(9)8-4-2-6-14-8/h1-6H/p+1. The zero-order valence-electron chi connectivity index (χ0n) is 8.04. The molecule has 5 heteroatoms. The third-order valence-electron chi connectivity index (χ3n) is 2.13. The molecule has 80 valence electrons. The molecule has 3 heterocycles. The molecule has 0 radical (unpaired) electrons. The van der Waals surface area contributed by atoms with E-state index >= 15 is 0 Å². The minimum Gasteiger partial charge on any atom is -0.502 e. The number of hydrogen-bond acceptors (Lipinski definition) is 4. The summed E-state index contributed by atoms with van der Waals surface area (Å²) in [7, 11) is 3.28. The Kier molecular flexibility index (Phi) is 2.77. The third kappa shape index (κ3) is 1.69. The molecule has 0 aromatic carbocycles. The zero-order chi connectivity index (χ0) is 11.0. The minimum absolute atomic E-state index is 0.430. The van der Waals surface area contributed by atoms with Gasteiger partial charge in [-0.2, -0.15) is 0 Å². The molecule has 0 amide bonds. The lowest BCUT2D eigenvalue weighted by molar-refractivity contribution is 0.482. The maximum Gasteiger partial charge on any atom is 0.306 e. The summed E-state index contributed by atoms with van der Waals surface area (Å²) >= 11 is 3.32. The van der Waals surface area contributed by atoms with Gasteiger partial charge in [-0.25, -0.2) is 0 Å². The molecule has 0 aliphatic heterocycles. The number of hydrogen-bond donors (Lipinski definition) is 1. The second-order valence-electron chi connectivity index (χ2n) is 3.13. The number of rotatable bonds is 2. The predicted molar refractivity (Wildman–Crippen MR) is 74.9 cm³/mol. The third-order valence-corrected chi connectivity index (χ3v) is 6.65. The second kappa shape index (κ2) is 4.25. The van der Waals surface area contributed by atoms with E-state index < -0.39 is 0 Å². The lowest BCUT2D eigenvalue weighted by atomic mass is 10.3. The zero-order valence-corrected chi connectivity index (χ0v) is 11.3. The van der Waals surface area contributed by atoms with Crippen molar-refractivity contribution in [2.75, 3.05) is 0 Å². The molecule has 0 saturated carbocycles. The monoisotopic (exact) mass is 283 g/mol. The van der Waals surface area contributed by atoms with Crippen molar-refractivity contribution in [1.29, 1.82) is 0 Å². The highest BCUT2D eigenvalue weighted by atomic mass is 32.9. The van der Waals surface area contributed by atoms with Gasteiger partial charge in [0.05, 0.1) is 9.75 Å². The normalized spacial score (nSPS) is 10.8. The van der Waals surface area contributed by atoms with Crippen molar-refractivity contribution in [3.63, 3.8) is 0 Å². The Bertz CT molecular complexity index is 526. The van der Waals surface area contributed by atoms with Gasteiger partial charge >= 0.3 is 15.2 Å². The van der Waals surface area contributed by atoms with Gasteiger partial charge in [0.25, 0.3) is 0 Å². The molecular weight excluding hydrogens is 276 g/mol. The molecule has 0 spiro atoms. The van der Waals surface area contributed by atoms with Crippen LogP contribution in [0.25, 0.3) is 19.5 Å². The molecule has 0 fully saturated rings. The summed E-state index contributed by atoms with van der Waals surface area (Å²) in [5.74, 6) is 0.430. The Labute approximate surface area is 108 Å². The summed E-state index contributed by atoms with van der Waals surface area (Å²) in [6, 6.07) is 8.10. The molecule has 16 heavy (non-hydrogen) atoms. The Morgan fingerprint density at radius 1 is 1.00 bits per heavy atom. The fraction of sp³-hybridized carbons (Fsp3) is 0. The summed E-state index contributed by atoms with van der Waals surface area (Å²) in [4.78, 5) is 4.26. The second-order valence-corrected chi connectivity index (χ2v) is 7.17. The van der Waals surface area contributed by atoms with Crippen LogP contribution in [0.2, 0.25) is 0 Å². The fourth-order valence-corrected chi connectivity index (χ4v) is 5.99. The van der Waals surface area contributed by atoms with Crippen LogP contribution in [0.15, 0.2) is 35.0 Å². The van der Waals surface area contributed by atoms with E-state index in [-0.39, 0.29) is 0 Å². The van der Waals surface area contributed by atoms with E-state index in [1.807, 2.05) is 35.0 Å². The number of thiophene rings is 2. The Morgan fingerprint density at radius 2 is 1.69 bits per heavy atom. The lowest BCUT2D eigenvalue weighted by Crippen LogP contribution is -1.67. The summed E-state index contributed by atoms with van der Waals surface area (Å²) in [5.41, 5.74) is 0. The van der Waals surface area contributed by atoms with E-state index in [2.05, 4.69) is 0 Å². The van der Waals surface area contributed by atoms with Crippen LogP contribution in [-0.4, -0.2) is 5.11 Å². The van der Waals surface area contributed by atoms with Gasteiger partial charge in [-0.05, 0) is 22.9 Å². The first-order chi connectivity index (χ1) is 7.86.